The van der Waals surface area contributed by atoms with E-state index in [4.69, 9.17) is 0 Å². The van der Waals surface area contributed by atoms with Gasteiger partial charge in [0.1, 0.15) is 0 Å². The summed E-state index contributed by atoms with van der Waals surface area (Å²) in [5.41, 5.74) is 0. The van der Waals surface area contributed by atoms with E-state index in [0.29, 0.717) is 12.4 Å². The molecule has 0 radical (unpaired) electrons. The van der Waals surface area contributed by atoms with Crippen LogP contribution in [-0.2, 0) is 9.53 Å². The Bertz CT molecular complexity index is 68.0. The number of hydrogen-bond acceptors (Lipinski definition) is 3. The van der Waals surface area contributed by atoms with E-state index in [0.717, 1.165) is 0 Å². The fraction of sp³-hybridized carbons (Fsp3) is 0.917. The molecule has 0 unspecified atom stereocenters. The SMILES string of the molecule is C.C.C.C.C.C.C.CCOC(=O)CSC. The van der Waals surface area contributed by atoms with E-state index in [-0.39, 0.29) is 58.0 Å². The Hall–Kier alpha value is -0.180. The monoisotopic (exact) mass is 246 g/mol. The first kappa shape index (κ1) is 60.9. The minimum absolute atomic E-state index is 0. The second kappa shape index (κ2) is 48.8. The Kier molecular flexibility index (Phi) is 198. The second-order valence-corrected chi connectivity index (χ2v) is 2.10. The van der Waals surface area contributed by atoms with E-state index in [1.165, 1.54) is 11.8 Å². The zero-order valence-electron chi connectivity index (χ0n) is 5.14. The standard InChI is InChI=1S/C5H10O2S.7CH4/c1-3-7-5(6)4-8-2;;;;;;;/h3-4H2,1-2H3;7*1H4. The molecule has 0 rings (SSSR count). The molecule has 3 heteroatoms. The maximum Gasteiger partial charge on any atom is 0.315 e. The van der Waals surface area contributed by atoms with Crippen LogP contribution in [0.1, 0.15) is 58.9 Å². The highest BCUT2D eigenvalue weighted by molar-refractivity contribution is 7.99. The highest BCUT2D eigenvalue weighted by Crippen LogP contribution is 1.91. The van der Waals surface area contributed by atoms with Gasteiger partial charge in [0.05, 0.1) is 12.4 Å². The molecule has 0 N–H and O–H groups in total. The Morgan fingerprint density at radius 2 is 1.33 bits per heavy atom. The van der Waals surface area contributed by atoms with Gasteiger partial charge in [0.25, 0.3) is 0 Å². The molecule has 0 saturated heterocycles. The van der Waals surface area contributed by atoms with Crippen LogP contribution in [0.3, 0.4) is 0 Å². The quantitative estimate of drug-likeness (QED) is 0.627. The van der Waals surface area contributed by atoms with Crippen molar-refractivity contribution >= 4 is 17.7 Å². The summed E-state index contributed by atoms with van der Waals surface area (Å²) in [7, 11) is 0. The van der Waals surface area contributed by atoms with Gasteiger partial charge in [-0.2, -0.15) is 11.8 Å². The van der Waals surface area contributed by atoms with Crippen molar-refractivity contribution in [3.05, 3.63) is 0 Å². The maximum atomic E-state index is 10.4. The number of rotatable bonds is 3. The number of thioether (sulfide) groups is 1. The molecule has 0 aliphatic heterocycles. The molecular formula is C12H38O2S. The molecule has 0 fully saturated rings. The lowest BCUT2D eigenvalue weighted by molar-refractivity contribution is -0.139. The van der Waals surface area contributed by atoms with Crippen molar-refractivity contribution in [1.29, 1.82) is 0 Å². The van der Waals surface area contributed by atoms with Crippen molar-refractivity contribution in [2.45, 2.75) is 58.9 Å². The average Bonchev–Trinajstić information content (AvgIpc) is 1.68. The topological polar surface area (TPSA) is 26.3 Å². The van der Waals surface area contributed by atoms with Gasteiger partial charge in [-0.05, 0) is 13.2 Å². The van der Waals surface area contributed by atoms with E-state index in [1.54, 1.807) is 6.92 Å². The van der Waals surface area contributed by atoms with Crippen molar-refractivity contribution in [3.8, 4) is 0 Å². The molecule has 15 heavy (non-hydrogen) atoms. The summed E-state index contributed by atoms with van der Waals surface area (Å²) >= 11 is 1.48. The molecule has 0 aliphatic rings. The van der Waals surface area contributed by atoms with Crippen LogP contribution in [0.15, 0.2) is 0 Å². The van der Waals surface area contributed by atoms with Gasteiger partial charge in [-0.15, -0.1) is 0 Å². The normalized spacial score (nSPS) is 4.67. The number of ether oxygens (including phenoxy) is 1. The molecule has 0 aromatic heterocycles. The van der Waals surface area contributed by atoms with E-state index in [2.05, 4.69) is 4.74 Å². The molecule has 0 bridgehead atoms. The summed E-state index contributed by atoms with van der Waals surface area (Å²) in [6.45, 7) is 2.29. The lowest BCUT2D eigenvalue weighted by Crippen LogP contribution is -2.05. The van der Waals surface area contributed by atoms with Crippen LogP contribution in [0.4, 0.5) is 0 Å². The third-order valence-corrected chi connectivity index (χ3v) is 1.09. The van der Waals surface area contributed by atoms with Crippen molar-refractivity contribution in [1.82, 2.24) is 0 Å². The predicted octanol–water partition coefficient (Wildman–Crippen LogP) is 5.37. The smallest absolute Gasteiger partial charge is 0.315 e. The van der Waals surface area contributed by atoms with Crippen LogP contribution in [-0.4, -0.2) is 24.6 Å². The molecule has 0 aromatic carbocycles. The molecule has 2 nitrogen and oxygen atoms in total. The van der Waals surface area contributed by atoms with Crippen LogP contribution in [0.5, 0.6) is 0 Å². The fourth-order valence-electron chi connectivity index (χ4n) is 0.321. The minimum Gasteiger partial charge on any atom is -0.465 e. The Labute approximate surface area is 105 Å². The molecule has 0 aromatic rings. The van der Waals surface area contributed by atoms with E-state index in [9.17, 15) is 4.79 Å². The van der Waals surface area contributed by atoms with Crippen LogP contribution in [0.25, 0.3) is 0 Å². The summed E-state index contributed by atoms with van der Waals surface area (Å²) < 4.78 is 4.62. The van der Waals surface area contributed by atoms with Crippen LogP contribution in [0, 0.1) is 0 Å². The molecule has 0 heterocycles. The van der Waals surface area contributed by atoms with Gasteiger partial charge in [-0.1, -0.05) is 52.0 Å². The first-order valence-corrected chi connectivity index (χ1v) is 3.85. The van der Waals surface area contributed by atoms with Crippen molar-refractivity contribution in [2.24, 2.45) is 0 Å². The van der Waals surface area contributed by atoms with Crippen LogP contribution >= 0.6 is 11.8 Å². The average molecular weight is 247 g/mol. The second-order valence-electron chi connectivity index (χ2n) is 1.24. The van der Waals surface area contributed by atoms with Crippen molar-refractivity contribution in [2.75, 3.05) is 18.6 Å². The lowest BCUT2D eigenvalue weighted by Gasteiger charge is -1.96. The van der Waals surface area contributed by atoms with E-state index >= 15 is 0 Å². The summed E-state index contributed by atoms with van der Waals surface area (Å²) in [5, 5.41) is 0. The molecule has 0 spiro atoms. The van der Waals surface area contributed by atoms with Gasteiger partial charge < -0.3 is 4.74 Å². The predicted molar refractivity (Wildman–Crippen MR) is 82.1 cm³/mol. The molecular weight excluding hydrogens is 208 g/mol. The first-order valence-electron chi connectivity index (χ1n) is 2.45. The number of carbonyl (C=O) groups excluding carboxylic acids is 1. The summed E-state index contributed by atoms with van der Waals surface area (Å²) in [6, 6.07) is 0. The van der Waals surface area contributed by atoms with Crippen molar-refractivity contribution in [3.63, 3.8) is 0 Å². The molecule has 0 atom stereocenters. The highest BCUT2D eigenvalue weighted by Gasteiger charge is 1.95. The van der Waals surface area contributed by atoms with E-state index < -0.39 is 0 Å². The Morgan fingerprint density at radius 3 is 1.53 bits per heavy atom. The summed E-state index contributed by atoms with van der Waals surface area (Å²) in [5.74, 6) is 0.341. The Balaban J connectivity index is -0.0000000117. The van der Waals surface area contributed by atoms with Crippen molar-refractivity contribution < 1.29 is 9.53 Å². The molecule has 0 amide bonds. The Morgan fingerprint density at radius 1 is 1.00 bits per heavy atom. The van der Waals surface area contributed by atoms with Gasteiger partial charge in [0.2, 0.25) is 0 Å². The largest absolute Gasteiger partial charge is 0.465 e. The van der Waals surface area contributed by atoms with Crippen LogP contribution in [0.2, 0.25) is 0 Å². The third kappa shape index (κ3) is 57.0. The first-order chi connectivity index (χ1) is 3.81. The minimum atomic E-state index is -0.125. The lowest BCUT2D eigenvalue weighted by atomic mass is 10.8. The van der Waals surface area contributed by atoms with Gasteiger partial charge in [0, 0.05) is 0 Å². The summed E-state index contributed by atoms with van der Waals surface area (Å²) in [6.07, 6.45) is 1.87. The summed E-state index contributed by atoms with van der Waals surface area (Å²) in [4.78, 5) is 10.4. The number of carbonyl (C=O) groups is 1. The van der Waals surface area contributed by atoms with Gasteiger partial charge in [-0.25, -0.2) is 0 Å². The van der Waals surface area contributed by atoms with Gasteiger partial charge in [0.15, 0.2) is 0 Å². The van der Waals surface area contributed by atoms with Crippen LogP contribution < -0.4 is 0 Å². The number of esters is 1. The zero-order valence-corrected chi connectivity index (χ0v) is 5.96. The third-order valence-electron chi connectivity index (χ3n) is 0.568. The zero-order chi connectivity index (χ0) is 6.41. The molecule has 104 valence electrons. The molecule has 0 aliphatic carbocycles. The maximum absolute atomic E-state index is 10.4. The number of hydrogen-bond donors (Lipinski definition) is 0. The molecule has 0 saturated carbocycles. The van der Waals surface area contributed by atoms with E-state index in [1.807, 2.05) is 6.26 Å². The fourth-order valence-corrected chi connectivity index (χ4v) is 0.640. The van der Waals surface area contributed by atoms with Gasteiger partial charge >= 0.3 is 5.97 Å². The van der Waals surface area contributed by atoms with Gasteiger partial charge in [-0.3, -0.25) is 4.79 Å². The highest BCUT2D eigenvalue weighted by atomic mass is 32.2.